The van der Waals surface area contributed by atoms with Crippen LogP contribution >= 0.6 is 12.2 Å². The van der Waals surface area contributed by atoms with Gasteiger partial charge in [0, 0.05) is 6.54 Å². The molecule has 2 aromatic rings. The fraction of sp³-hybridized carbons (Fsp3) is 0.150. The SMILES string of the molecule is C=CCNC(=O)c1ccccc1NC(=S)NC(=O)c1ccccc1OCC. The van der Waals surface area contributed by atoms with Crippen LogP contribution in [0, 0.1) is 0 Å². The second-order valence-electron chi connectivity index (χ2n) is 5.38. The normalized spacial score (nSPS) is 9.81. The molecule has 0 spiro atoms. The smallest absolute Gasteiger partial charge is 0.261 e. The van der Waals surface area contributed by atoms with Crippen molar-refractivity contribution in [1.82, 2.24) is 10.6 Å². The number of benzene rings is 2. The summed E-state index contributed by atoms with van der Waals surface area (Å²) in [6.45, 7) is 6.21. The van der Waals surface area contributed by atoms with Gasteiger partial charge >= 0.3 is 0 Å². The summed E-state index contributed by atoms with van der Waals surface area (Å²) in [5.41, 5.74) is 1.27. The maximum Gasteiger partial charge on any atom is 0.261 e. The standard InChI is InChI=1S/C20H21N3O3S/c1-3-13-21-18(24)14-9-5-7-11-16(14)22-20(27)23-19(25)15-10-6-8-12-17(15)26-4-2/h3,5-12H,1,4,13H2,2H3,(H,21,24)(H2,22,23,25,27). The Morgan fingerprint density at radius 1 is 1.07 bits per heavy atom. The number of rotatable bonds is 7. The Morgan fingerprint density at radius 3 is 2.44 bits per heavy atom. The molecule has 6 nitrogen and oxygen atoms in total. The molecule has 27 heavy (non-hydrogen) atoms. The van der Waals surface area contributed by atoms with Gasteiger partial charge in [0.25, 0.3) is 11.8 Å². The van der Waals surface area contributed by atoms with Crippen molar-refractivity contribution in [2.24, 2.45) is 0 Å². The van der Waals surface area contributed by atoms with Gasteiger partial charge in [-0.05, 0) is 43.4 Å². The van der Waals surface area contributed by atoms with E-state index in [-0.39, 0.29) is 11.0 Å². The number of nitrogens with one attached hydrogen (secondary N) is 3. The van der Waals surface area contributed by atoms with Crippen molar-refractivity contribution in [3.05, 3.63) is 72.3 Å². The van der Waals surface area contributed by atoms with Crippen molar-refractivity contribution >= 4 is 34.8 Å². The molecule has 3 N–H and O–H groups in total. The number of hydrogen-bond acceptors (Lipinski definition) is 4. The third-order valence-electron chi connectivity index (χ3n) is 3.49. The maximum atomic E-state index is 12.5. The third-order valence-corrected chi connectivity index (χ3v) is 3.69. The van der Waals surface area contributed by atoms with E-state index >= 15 is 0 Å². The Morgan fingerprint density at radius 2 is 1.74 bits per heavy atom. The van der Waals surface area contributed by atoms with Gasteiger partial charge in [-0.15, -0.1) is 6.58 Å². The summed E-state index contributed by atoms with van der Waals surface area (Å²) >= 11 is 5.22. The first-order valence-corrected chi connectivity index (χ1v) is 8.80. The summed E-state index contributed by atoms with van der Waals surface area (Å²) in [5.74, 6) is -0.191. The molecule has 0 saturated carbocycles. The van der Waals surface area contributed by atoms with E-state index in [0.717, 1.165) is 0 Å². The minimum atomic E-state index is -0.398. The average Bonchev–Trinajstić information content (AvgIpc) is 2.67. The van der Waals surface area contributed by atoms with Crippen molar-refractivity contribution in [2.75, 3.05) is 18.5 Å². The zero-order chi connectivity index (χ0) is 19.6. The highest BCUT2D eigenvalue weighted by Crippen LogP contribution is 2.18. The Balaban J connectivity index is 2.09. The second-order valence-corrected chi connectivity index (χ2v) is 5.79. The van der Waals surface area contributed by atoms with Crippen molar-refractivity contribution in [3.8, 4) is 5.75 Å². The van der Waals surface area contributed by atoms with Crippen LogP contribution in [0.5, 0.6) is 5.75 Å². The van der Waals surface area contributed by atoms with E-state index in [9.17, 15) is 9.59 Å². The highest BCUT2D eigenvalue weighted by molar-refractivity contribution is 7.80. The van der Waals surface area contributed by atoms with E-state index in [0.29, 0.717) is 35.7 Å². The summed E-state index contributed by atoms with van der Waals surface area (Å²) in [6.07, 6.45) is 1.59. The Labute approximate surface area is 163 Å². The van der Waals surface area contributed by atoms with E-state index in [4.69, 9.17) is 17.0 Å². The van der Waals surface area contributed by atoms with Gasteiger partial charge in [0.2, 0.25) is 0 Å². The number of ether oxygens (including phenoxy) is 1. The van der Waals surface area contributed by atoms with Crippen LogP contribution in [0.1, 0.15) is 27.6 Å². The van der Waals surface area contributed by atoms with Crippen molar-refractivity contribution in [2.45, 2.75) is 6.92 Å². The number of thiocarbonyl (C=S) groups is 1. The van der Waals surface area contributed by atoms with E-state index in [1.165, 1.54) is 0 Å². The van der Waals surface area contributed by atoms with E-state index in [1.54, 1.807) is 54.6 Å². The first kappa shape index (κ1) is 20.1. The first-order chi connectivity index (χ1) is 13.1. The molecular formula is C20H21N3O3S. The molecular weight excluding hydrogens is 362 g/mol. The van der Waals surface area contributed by atoms with Crippen LogP contribution in [0.4, 0.5) is 5.69 Å². The van der Waals surface area contributed by atoms with Gasteiger partial charge < -0.3 is 15.4 Å². The van der Waals surface area contributed by atoms with Crippen LogP contribution in [0.2, 0.25) is 0 Å². The summed E-state index contributed by atoms with van der Waals surface area (Å²) in [5, 5.41) is 8.28. The van der Waals surface area contributed by atoms with Gasteiger partial charge in [0.1, 0.15) is 5.75 Å². The molecule has 140 valence electrons. The molecule has 0 saturated heterocycles. The zero-order valence-corrected chi connectivity index (χ0v) is 15.8. The number of para-hydroxylation sites is 2. The van der Waals surface area contributed by atoms with Crippen molar-refractivity contribution in [3.63, 3.8) is 0 Å². The van der Waals surface area contributed by atoms with Crippen LogP contribution in [-0.2, 0) is 0 Å². The van der Waals surface area contributed by atoms with Crippen molar-refractivity contribution in [1.29, 1.82) is 0 Å². The molecule has 7 heteroatoms. The van der Waals surface area contributed by atoms with Gasteiger partial charge in [0.15, 0.2) is 5.11 Å². The average molecular weight is 383 g/mol. The van der Waals surface area contributed by atoms with Gasteiger partial charge in [-0.1, -0.05) is 30.3 Å². The predicted molar refractivity (Wildman–Crippen MR) is 110 cm³/mol. The number of hydrogen-bond donors (Lipinski definition) is 3. The predicted octanol–water partition coefficient (Wildman–Crippen LogP) is 3.13. The zero-order valence-electron chi connectivity index (χ0n) is 15.0. The molecule has 0 aromatic heterocycles. The number of carbonyl (C=O) groups is 2. The largest absolute Gasteiger partial charge is 0.493 e. The molecule has 2 rings (SSSR count). The Kier molecular flexibility index (Phi) is 7.51. The van der Waals surface area contributed by atoms with Crippen LogP contribution in [0.25, 0.3) is 0 Å². The molecule has 0 aliphatic rings. The van der Waals surface area contributed by atoms with Crippen molar-refractivity contribution < 1.29 is 14.3 Å². The third kappa shape index (κ3) is 5.65. The molecule has 0 aliphatic heterocycles. The maximum absolute atomic E-state index is 12.5. The second kappa shape index (κ2) is 10.1. The minimum Gasteiger partial charge on any atom is -0.493 e. The molecule has 2 amide bonds. The van der Waals surface area contributed by atoms with E-state index in [2.05, 4.69) is 22.5 Å². The molecule has 0 radical (unpaired) electrons. The van der Waals surface area contributed by atoms with Crippen LogP contribution in [0.3, 0.4) is 0 Å². The van der Waals surface area contributed by atoms with Gasteiger partial charge in [-0.3, -0.25) is 14.9 Å². The fourth-order valence-corrected chi connectivity index (χ4v) is 2.51. The number of amides is 2. The van der Waals surface area contributed by atoms with E-state index in [1.807, 2.05) is 6.92 Å². The van der Waals surface area contributed by atoms with Gasteiger partial charge in [0.05, 0.1) is 23.4 Å². The van der Waals surface area contributed by atoms with Crippen LogP contribution in [0.15, 0.2) is 61.2 Å². The summed E-state index contributed by atoms with van der Waals surface area (Å²) in [4.78, 5) is 24.7. The topological polar surface area (TPSA) is 79.5 Å². The molecule has 0 heterocycles. The molecule has 0 fully saturated rings. The number of carbonyl (C=O) groups excluding carboxylic acids is 2. The van der Waals surface area contributed by atoms with Gasteiger partial charge in [-0.2, -0.15) is 0 Å². The first-order valence-electron chi connectivity index (χ1n) is 8.39. The van der Waals surface area contributed by atoms with Gasteiger partial charge in [-0.25, -0.2) is 0 Å². The van der Waals surface area contributed by atoms with E-state index < -0.39 is 5.91 Å². The monoisotopic (exact) mass is 383 g/mol. The lowest BCUT2D eigenvalue weighted by atomic mass is 10.1. The number of anilines is 1. The molecule has 2 aromatic carbocycles. The Bertz CT molecular complexity index is 852. The minimum absolute atomic E-state index is 0.0790. The van der Waals surface area contributed by atoms with Crippen LogP contribution in [-0.4, -0.2) is 30.1 Å². The highest BCUT2D eigenvalue weighted by atomic mass is 32.1. The lowest BCUT2D eigenvalue weighted by Gasteiger charge is -2.14. The summed E-state index contributed by atoms with van der Waals surface area (Å²) in [6, 6.07) is 13.8. The molecule has 0 aliphatic carbocycles. The van der Waals surface area contributed by atoms with Crippen LogP contribution < -0.4 is 20.7 Å². The Hall–Kier alpha value is -3.19. The lowest BCUT2D eigenvalue weighted by Crippen LogP contribution is -2.35. The molecule has 0 unspecified atom stereocenters. The summed E-state index contributed by atoms with van der Waals surface area (Å²) in [7, 11) is 0. The molecule has 0 atom stereocenters. The highest BCUT2D eigenvalue weighted by Gasteiger charge is 2.15. The summed E-state index contributed by atoms with van der Waals surface area (Å²) < 4.78 is 5.46. The fourth-order valence-electron chi connectivity index (χ4n) is 2.31. The lowest BCUT2D eigenvalue weighted by molar-refractivity contribution is 0.0955. The molecule has 0 bridgehead atoms. The quantitative estimate of drug-likeness (QED) is 0.506.